The molecule has 2 nitrogen and oxygen atoms in total. The SMILES string of the molecule is c1ccc([Si](c2ccccc2)(c2ccc3c(c2)N2B(c4ccccc4-c4ccccc42)c2ccccc2-3)c2ccc3c(c2)N2B(c4ccccc4-c4ccccc42)c2ccccc2-3)cc1. The van der Waals surface area contributed by atoms with Crippen LogP contribution in [0.2, 0.25) is 0 Å². The van der Waals surface area contributed by atoms with Gasteiger partial charge in [-0.3, -0.25) is 0 Å². The number of hydrogen-bond acceptors (Lipinski definition) is 2. The number of para-hydroxylation sites is 2. The van der Waals surface area contributed by atoms with Crippen molar-refractivity contribution in [2.75, 3.05) is 9.62 Å². The van der Waals surface area contributed by atoms with Crippen molar-refractivity contribution in [1.29, 1.82) is 0 Å². The topological polar surface area (TPSA) is 6.48 Å². The van der Waals surface area contributed by atoms with Crippen LogP contribution in [0.25, 0.3) is 44.5 Å². The van der Waals surface area contributed by atoms with Crippen LogP contribution in [-0.4, -0.2) is 21.8 Å². The van der Waals surface area contributed by atoms with Gasteiger partial charge in [0, 0.05) is 45.0 Å². The van der Waals surface area contributed by atoms with E-state index in [1.165, 1.54) is 110 Å². The van der Waals surface area contributed by atoms with Gasteiger partial charge < -0.3 is 9.62 Å². The molecule has 0 bridgehead atoms. The van der Waals surface area contributed by atoms with Gasteiger partial charge in [-0.1, -0.05) is 218 Å². The highest BCUT2D eigenvalue weighted by atomic mass is 28.3. The third-order valence-corrected chi connectivity index (χ3v) is 19.6. The fraction of sp³-hybridized carbons (Fsp3) is 0. The van der Waals surface area contributed by atoms with Crippen molar-refractivity contribution < 1.29 is 0 Å². The van der Waals surface area contributed by atoms with Gasteiger partial charge in [-0.05, 0) is 89.1 Å². The normalized spacial score (nSPS) is 13.4. The molecular formula is C60H40B2N2Si. The van der Waals surface area contributed by atoms with Gasteiger partial charge in [-0.15, -0.1) is 0 Å². The number of fused-ring (bicyclic) bond motifs is 22. The van der Waals surface area contributed by atoms with E-state index in [9.17, 15) is 0 Å². The Morgan fingerprint density at radius 2 is 0.523 bits per heavy atom. The molecule has 10 aromatic rings. The summed E-state index contributed by atoms with van der Waals surface area (Å²) in [5.74, 6) is 0. The Morgan fingerprint density at radius 3 is 0.892 bits per heavy atom. The predicted molar refractivity (Wildman–Crippen MR) is 279 cm³/mol. The molecule has 4 aliphatic rings. The molecule has 0 saturated heterocycles. The lowest BCUT2D eigenvalue weighted by Gasteiger charge is -2.45. The minimum Gasteiger partial charge on any atom is -0.376 e. The highest BCUT2D eigenvalue weighted by Crippen LogP contribution is 2.47. The van der Waals surface area contributed by atoms with E-state index in [2.05, 4.69) is 252 Å². The molecule has 4 aliphatic heterocycles. The average Bonchev–Trinajstić information content (AvgIpc) is 3.39. The van der Waals surface area contributed by atoms with Gasteiger partial charge in [0.2, 0.25) is 0 Å². The van der Waals surface area contributed by atoms with Gasteiger partial charge in [0.15, 0.2) is 8.07 Å². The first kappa shape index (κ1) is 36.6. The number of benzene rings is 10. The van der Waals surface area contributed by atoms with Crippen molar-refractivity contribution in [3.8, 4) is 44.5 Å². The first-order chi connectivity index (χ1) is 32.3. The lowest BCUT2D eigenvalue weighted by atomic mass is 9.43. The predicted octanol–water partition coefficient (Wildman–Crippen LogP) is 8.87. The van der Waals surface area contributed by atoms with Crippen LogP contribution < -0.4 is 52.2 Å². The minimum absolute atomic E-state index is 0.0346. The summed E-state index contributed by atoms with van der Waals surface area (Å²) >= 11 is 0. The van der Waals surface area contributed by atoms with Gasteiger partial charge in [-0.2, -0.15) is 0 Å². The lowest BCUT2D eigenvalue weighted by Crippen LogP contribution is -2.75. The molecule has 300 valence electrons. The molecule has 0 atom stereocenters. The van der Waals surface area contributed by atoms with E-state index < -0.39 is 8.07 Å². The Labute approximate surface area is 382 Å². The molecule has 5 heteroatoms. The number of nitrogens with zero attached hydrogens (tertiary/aromatic N) is 2. The summed E-state index contributed by atoms with van der Waals surface area (Å²) in [5, 5.41) is 5.45. The lowest BCUT2D eigenvalue weighted by molar-refractivity contribution is 1.35. The Morgan fingerprint density at radius 1 is 0.231 bits per heavy atom. The second-order valence-electron chi connectivity index (χ2n) is 17.9. The van der Waals surface area contributed by atoms with E-state index in [0.717, 1.165) is 0 Å². The highest BCUT2D eigenvalue weighted by Gasteiger charge is 2.48. The molecule has 65 heavy (non-hydrogen) atoms. The molecule has 0 N–H and O–H groups in total. The van der Waals surface area contributed by atoms with Gasteiger partial charge in [0.25, 0.3) is 0 Å². The van der Waals surface area contributed by atoms with Crippen LogP contribution in [0.4, 0.5) is 22.7 Å². The van der Waals surface area contributed by atoms with Gasteiger partial charge in [0.1, 0.15) is 0 Å². The minimum atomic E-state index is -3.09. The summed E-state index contributed by atoms with van der Waals surface area (Å²) in [4.78, 5) is 5.31. The molecule has 0 aromatic heterocycles. The van der Waals surface area contributed by atoms with Crippen molar-refractivity contribution >= 4 is 87.1 Å². The van der Waals surface area contributed by atoms with Crippen molar-refractivity contribution in [3.63, 3.8) is 0 Å². The summed E-state index contributed by atoms with van der Waals surface area (Å²) in [6, 6.07) is 92.2. The first-order valence-corrected chi connectivity index (χ1v) is 24.8. The van der Waals surface area contributed by atoms with Gasteiger partial charge in [0.05, 0.1) is 0 Å². The molecule has 0 spiro atoms. The monoisotopic (exact) mass is 838 g/mol. The zero-order chi connectivity index (χ0) is 42.6. The molecule has 0 fully saturated rings. The first-order valence-electron chi connectivity index (χ1n) is 22.8. The summed E-state index contributed by atoms with van der Waals surface area (Å²) < 4.78 is 0. The van der Waals surface area contributed by atoms with Crippen LogP contribution in [0.1, 0.15) is 0 Å². The quantitative estimate of drug-likeness (QED) is 0.129. The number of anilines is 4. The maximum atomic E-state index is 2.66. The molecular weight excluding hydrogens is 798 g/mol. The van der Waals surface area contributed by atoms with Crippen LogP contribution in [0.3, 0.4) is 0 Å². The summed E-state index contributed by atoms with van der Waals surface area (Å²) in [6.07, 6.45) is 0. The molecule has 0 radical (unpaired) electrons. The van der Waals surface area contributed by atoms with Gasteiger partial charge in [-0.25, -0.2) is 0 Å². The third-order valence-electron chi connectivity index (χ3n) is 14.8. The van der Waals surface area contributed by atoms with Crippen LogP contribution in [-0.2, 0) is 0 Å². The fourth-order valence-electron chi connectivity index (χ4n) is 12.2. The van der Waals surface area contributed by atoms with Crippen LogP contribution in [0.15, 0.2) is 243 Å². The summed E-state index contributed by atoms with van der Waals surface area (Å²) in [7, 11) is -3.09. The van der Waals surface area contributed by atoms with E-state index in [0.29, 0.717) is 0 Å². The highest BCUT2D eigenvalue weighted by molar-refractivity contribution is 7.20. The zero-order valence-corrected chi connectivity index (χ0v) is 36.6. The van der Waals surface area contributed by atoms with Crippen LogP contribution in [0, 0.1) is 0 Å². The third kappa shape index (κ3) is 5.07. The average molecular weight is 839 g/mol. The van der Waals surface area contributed by atoms with Crippen LogP contribution in [0.5, 0.6) is 0 Å². The van der Waals surface area contributed by atoms with Gasteiger partial charge >= 0.3 is 13.7 Å². The second kappa shape index (κ2) is 14.1. The maximum absolute atomic E-state index is 3.09. The van der Waals surface area contributed by atoms with E-state index in [-0.39, 0.29) is 13.7 Å². The fourth-order valence-corrected chi connectivity index (χ4v) is 17.0. The Balaban J connectivity index is 1.07. The standard InChI is InChI=1S/C60H40B2N2Si/c1-3-19-41(20-4-1)65(42-21-5-2-6-22-42,43-35-37-51-47-25-9-15-31-55(47)61-53-29-13-7-23-45(53)49-27-11-17-33-57(49)63(61)59(51)39-43)44-36-38-52-48-26-10-16-32-56(48)62-54-30-14-8-24-46(54)50-28-12-18-34-58(50)64(62)60(52)40-44/h1-40H. The Kier molecular flexibility index (Phi) is 7.93. The maximum Gasteiger partial charge on any atom is 0.329 e. The Bertz CT molecular complexity index is 3320. The Hall–Kier alpha value is -7.85. The van der Waals surface area contributed by atoms with E-state index in [1.807, 2.05) is 0 Å². The number of hydrogen-bond donors (Lipinski definition) is 0. The largest absolute Gasteiger partial charge is 0.376 e. The van der Waals surface area contributed by atoms with E-state index in [4.69, 9.17) is 0 Å². The van der Waals surface area contributed by atoms with E-state index in [1.54, 1.807) is 0 Å². The van der Waals surface area contributed by atoms with Crippen molar-refractivity contribution in [1.82, 2.24) is 0 Å². The van der Waals surface area contributed by atoms with Crippen molar-refractivity contribution in [3.05, 3.63) is 243 Å². The smallest absolute Gasteiger partial charge is 0.329 e. The summed E-state index contributed by atoms with van der Waals surface area (Å²) in [5.41, 5.74) is 20.7. The van der Waals surface area contributed by atoms with Crippen molar-refractivity contribution in [2.24, 2.45) is 0 Å². The second-order valence-corrected chi connectivity index (χ2v) is 21.7. The molecule has 0 unspecified atom stereocenters. The number of rotatable bonds is 4. The molecule has 4 heterocycles. The summed E-state index contributed by atoms with van der Waals surface area (Å²) in [6.45, 7) is 0.0692. The molecule has 0 amide bonds. The molecule has 0 aliphatic carbocycles. The van der Waals surface area contributed by atoms with Crippen molar-refractivity contribution in [2.45, 2.75) is 0 Å². The zero-order valence-electron chi connectivity index (χ0n) is 35.6. The van der Waals surface area contributed by atoms with Crippen LogP contribution >= 0.6 is 0 Å². The molecule has 10 aromatic carbocycles. The van der Waals surface area contributed by atoms with E-state index >= 15 is 0 Å². The molecule has 0 saturated carbocycles. The molecule has 14 rings (SSSR count).